The summed E-state index contributed by atoms with van der Waals surface area (Å²) >= 11 is 6.10. The van der Waals surface area contributed by atoms with Gasteiger partial charge in [0, 0.05) is 32.3 Å². The molecule has 0 fully saturated rings. The van der Waals surface area contributed by atoms with Crippen LogP contribution in [0.4, 0.5) is 0 Å². The Hall–Kier alpha value is -1.26. The van der Waals surface area contributed by atoms with Gasteiger partial charge in [0.2, 0.25) is 0 Å². The smallest absolute Gasteiger partial charge is 0.191 e. The summed E-state index contributed by atoms with van der Waals surface area (Å²) in [5, 5.41) is 7.20. The van der Waals surface area contributed by atoms with E-state index in [4.69, 9.17) is 16.3 Å². The molecule has 0 heterocycles. The van der Waals surface area contributed by atoms with Crippen LogP contribution in [0.3, 0.4) is 0 Å². The van der Waals surface area contributed by atoms with Gasteiger partial charge in [-0.1, -0.05) is 29.8 Å². The molecular weight excluding hydrogens is 262 g/mol. The Morgan fingerprint density at radius 3 is 2.58 bits per heavy atom. The number of nitrogens with zero attached hydrogens (tertiary/aromatic N) is 1. The lowest BCUT2D eigenvalue weighted by Crippen LogP contribution is -2.45. The minimum Gasteiger partial charge on any atom is -0.377 e. The maximum atomic E-state index is 6.10. The van der Waals surface area contributed by atoms with Crippen molar-refractivity contribution >= 4 is 17.6 Å². The zero-order valence-electron chi connectivity index (χ0n) is 12.0. The van der Waals surface area contributed by atoms with Crippen molar-refractivity contribution in [2.45, 2.75) is 26.0 Å². The maximum absolute atomic E-state index is 6.10. The summed E-state index contributed by atoms with van der Waals surface area (Å²) < 4.78 is 5.35. The first-order valence-corrected chi connectivity index (χ1v) is 6.59. The van der Waals surface area contributed by atoms with E-state index in [0.717, 1.165) is 16.5 Å². The predicted molar refractivity (Wildman–Crippen MR) is 80.7 cm³/mol. The molecule has 4 nitrogen and oxygen atoms in total. The first kappa shape index (κ1) is 15.8. The molecule has 106 valence electrons. The second-order valence-electron chi connectivity index (χ2n) is 4.83. The number of methoxy groups -OCH3 is 1. The summed E-state index contributed by atoms with van der Waals surface area (Å²) in [6, 6.07) is 7.75. The molecule has 0 aromatic heterocycles. The molecule has 0 aliphatic rings. The number of nitrogens with one attached hydrogen (secondary N) is 2. The van der Waals surface area contributed by atoms with Crippen LogP contribution in [0.15, 0.2) is 29.3 Å². The van der Waals surface area contributed by atoms with Gasteiger partial charge in [-0.05, 0) is 25.5 Å². The third-order valence-electron chi connectivity index (χ3n) is 2.86. The zero-order valence-corrected chi connectivity index (χ0v) is 12.7. The normalized spacial score (nSPS) is 12.4. The van der Waals surface area contributed by atoms with Crippen molar-refractivity contribution in [2.24, 2.45) is 4.99 Å². The van der Waals surface area contributed by atoms with Gasteiger partial charge < -0.3 is 15.4 Å². The summed E-state index contributed by atoms with van der Waals surface area (Å²) in [6.45, 7) is 5.33. The van der Waals surface area contributed by atoms with Crippen LogP contribution in [0.2, 0.25) is 5.02 Å². The average Bonchev–Trinajstić information content (AvgIpc) is 2.41. The highest BCUT2D eigenvalue weighted by Crippen LogP contribution is 2.14. The Bertz CT molecular complexity index is 432. The molecule has 0 spiro atoms. The van der Waals surface area contributed by atoms with E-state index >= 15 is 0 Å². The number of halogens is 1. The highest BCUT2D eigenvalue weighted by Gasteiger charge is 2.16. The van der Waals surface area contributed by atoms with Crippen molar-refractivity contribution in [3.8, 4) is 0 Å². The van der Waals surface area contributed by atoms with E-state index in [1.165, 1.54) is 0 Å². The molecule has 0 aliphatic carbocycles. The Balaban J connectivity index is 2.49. The third kappa shape index (κ3) is 5.49. The van der Waals surface area contributed by atoms with Gasteiger partial charge in [-0.2, -0.15) is 0 Å². The van der Waals surface area contributed by atoms with Crippen LogP contribution in [0.5, 0.6) is 0 Å². The van der Waals surface area contributed by atoms with E-state index in [9.17, 15) is 0 Å². The van der Waals surface area contributed by atoms with Crippen molar-refractivity contribution in [2.75, 3.05) is 20.7 Å². The van der Waals surface area contributed by atoms with Crippen LogP contribution >= 0.6 is 11.6 Å². The van der Waals surface area contributed by atoms with Gasteiger partial charge in [0.1, 0.15) is 0 Å². The fraction of sp³-hybridized carbons (Fsp3) is 0.500. The molecule has 1 aromatic carbocycles. The first-order valence-electron chi connectivity index (χ1n) is 6.21. The molecule has 5 heteroatoms. The lowest BCUT2D eigenvalue weighted by molar-refractivity contribution is 0.0268. The van der Waals surface area contributed by atoms with Gasteiger partial charge in [-0.3, -0.25) is 4.99 Å². The lowest BCUT2D eigenvalue weighted by Gasteiger charge is -2.24. The van der Waals surface area contributed by atoms with E-state index in [-0.39, 0.29) is 5.60 Å². The molecule has 19 heavy (non-hydrogen) atoms. The molecule has 1 rings (SSSR count). The van der Waals surface area contributed by atoms with Crippen molar-refractivity contribution in [1.29, 1.82) is 0 Å². The van der Waals surface area contributed by atoms with Crippen molar-refractivity contribution in [3.63, 3.8) is 0 Å². The van der Waals surface area contributed by atoms with E-state index in [2.05, 4.69) is 15.6 Å². The first-order chi connectivity index (χ1) is 8.98. The van der Waals surface area contributed by atoms with E-state index in [1.807, 2.05) is 38.1 Å². The Morgan fingerprint density at radius 1 is 1.32 bits per heavy atom. The molecule has 0 saturated carbocycles. The molecular formula is C14H22ClN3O. The number of benzene rings is 1. The molecule has 0 amide bonds. The number of rotatable bonds is 5. The zero-order chi connectivity index (χ0) is 14.3. The summed E-state index contributed by atoms with van der Waals surface area (Å²) in [5.41, 5.74) is 0.806. The lowest BCUT2D eigenvalue weighted by atomic mass is 10.1. The monoisotopic (exact) mass is 283 g/mol. The predicted octanol–water partition coefficient (Wildman–Crippen LogP) is 2.43. The topological polar surface area (TPSA) is 45.7 Å². The average molecular weight is 284 g/mol. The summed E-state index contributed by atoms with van der Waals surface area (Å²) in [5.74, 6) is 0.727. The van der Waals surface area contributed by atoms with Crippen LogP contribution in [-0.4, -0.2) is 32.3 Å². The summed E-state index contributed by atoms with van der Waals surface area (Å²) in [6.07, 6.45) is 0. The number of ether oxygens (including phenoxy) is 1. The second kappa shape index (κ2) is 7.36. The quantitative estimate of drug-likeness (QED) is 0.644. The van der Waals surface area contributed by atoms with E-state index in [1.54, 1.807) is 14.2 Å². The summed E-state index contributed by atoms with van der Waals surface area (Å²) in [7, 11) is 3.43. The van der Waals surface area contributed by atoms with E-state index < -0.39 is 0 Å². The fourth-order valence-corrected chi connectivity index (χ4v) is 1.61. The Morgan fingerprint density at radius 2 is 2.00 bits per heavy atom. The van der Waals surface area contributed by atoms with Crippen molar-refractivity contribution in [1.82, 2.24) is 10.6 Å². The Labute approximate surface area is 120 Å². The third-order valence-corrected chi connectivity index (χ3v) is 3.23. The molecule has 0 aliphatic heterocycles. The van der Waals surface area contributed by atoms with Gasteiger partial charge in [0.05, 0.1) is 5.60 Å². The highest BCUT2D eigenvalue weighted by atomic mass is 35.5. The SMILES string of the molecule is CN=C(NCc1ccccc1Cl)NCC(C)(C)OC. The van der Waals surface area contributed by atoms with Crippen LogP contribution in [0.1, 0.15) is 19.4 Å². The number of hydrogen-bond acceptors (Lipinski definition) is 2. The minimum atomic E-state index is -0.234. The molecule has 0 saturated heterocycles. The van der Waals surface area contributed by atoms with Gasteiger partial charge >= 0.3 is 0 Å². The molecule has 0 atom stereocenters. The molecule has 0 radical (unpaired) electrons. The largest absolute Gasteiger partial charge is 0.377 e. The van der Waals surface area contributed by atoms with Crippen molar-refractivity contribution in [3.05, 3.63) is 34.9 Å². The number of hydrogen-bond donors (Lipinski definition) is 2. The van der Waals surface area contributed by atoms with Gasteiger partial charge in [0.15, 0.2) is 5.96 Å². The standard InChI is InChI=1S/C14H22ClN3O/c1-14(2,19-4)10-18-13(16-3)17-9-11-7-5-6-8-12(11)15/h5-8H,9-10H2,1-4H3,(H2,16,17,18). The van der Waals surface area contributed by atoms with Crippen molar-refractivity contribution < 1.29 is 4.74 Å². The van der Waals surface area contributed by atoms with Crippen LogP contribution in [0.25, 0.3) is 0 Å². The van der Waals surface area contributed by atoms with Crippen LogP contribution in [0, 0.1) is 0 Å². The second-order valence-corrected chi connectivity index (χ2v) is 5.24. The van der Waals surface area contributed by atoms with Crippen LogP contribution in [-0.2, 0) is 11.3 Å². The fourth-order valence-electron chi connectivity index (χ4n) is 1.41. The molecule has 2 N–H and O–H groups in total. The molecule has 0 bridgehead atoms. The van der Waals surface area contributed by atoms with E-state index in [0.29, 0.717) is 13.1 Å². The number of aliphatic imine (C=N–C) groups is 1. The van der Waals surface area contributed by atoms with Gasteiger partial charge in [-0.15, -0.1) is 0 Å². The minimum absolute atomic E-state index is 0.234. The Kier molecular flexibility index (Phi) is 6.12. The number of guanidine groups is 1. The molecule has 0 unspecified atom stereocenters. The van der Waals surface area contributed by atoms with Crippen LogP contribution < -0.4 is 10.6 Å². The van der Waals surface area contributed by atoms with Gasteiger partial charge in [0.25, 0.3) is 0 Å². The van der Waals surface area contributed by atoms with Gasteiger partial charge in [-0.25, -0.2) is 0 Å². The highest BCUT2D eigenvalue weighted by molar-refractivity contribution is 6.31. The molecule has 1 aromatic rings. The maximum Gasteiger partial charge on any atom is 0.191 e. The summed E-state index contributed by atoms with van der Waals surface area (Å²) in [4.78, 5) is 4.17.